The van der Waals surface area contributed by atoms with Gasteiger partial charge >= 0.3 is 5.97 Å². The van der Waals surface area contributed by atoms with Crippen LogP contribution in [0.25, 0.3) is 0 Å². The van der Waals surface area contributed by atoms with Gasteiger partial charge in [-0.05, 0) is 45.8 Å². The number of hydrogen-bond donors (Lipinski definition) is 0. The van der Waals surface area contributed by atoms with Gasteiger partial charge in [0.25, 0.3) is 0 Å². The highest BCUT2D eigenvalue weighted by Crippen LogP contribution is 2.18. The zero-order chi connectivity index (χ0) is 10.4. The quantitative estimate of drug-likeness (QED) is 0.699. The summed E-state index contributed by atoms with van der Waals surface area (Å²) < 4.78 is 5.02. The minimum atomic E-state index is 0. The molecular weight excluding hydrogens is 214 g/mol. The molecule has 1 aliphatic rings. The van der Waals surface area contributed by atoms with Crippen LogP contribution in [0.15, 0.2) is 0 Å². The van der Waals surface area contributed by atoms with Crippen LogP contribution < -0.4 is 0 Å². The van der Waals surface area contributed by atoms with E-state index in [0.29, 0.717) is 6.61 Å². The SMILES string of the molecule is CCCN1CCC(C(=O)OCC)CC1.Cl. The van der Waals surface area contributed by atoms with Gasteiger partial charge in [0.1, 0.15) is 0 Å². The molecule has 90 valence electrons. The van der Waals surface area contributed by atoms with Crippen molar-refractivity contribution in [2.24, 2.45) is 5.92 Å². The van der Waals surface area contributed by atoms with Crippen LogP contribution in [0, 0.1) is 5.92 Å². The summed E-state index contributed by atoms with van der Waals surface area (Å²) in [6.07, 6.45) is 3.14. The Bertz CT molecular complexity index is 179. The van der Waals surface area contributed by atoms with Gasteiger partial charge in [-0.25, -0.2) is 0 Å². The van der Waals surface area contributed by atoms with Crippen molar-refractivity contribution in [3.8, 4) is 0 Å². The molecule has 1 heterocycles. The average molecular weight is 236 g/mol. The van der Waals surface area contributed by atoms with Crippen LogP contribution in [0.4, 0.5) is 0 Å². The third-order valence-electron chi connectivity index (χ3n) is 2.75. The normalized spacial score (nSPS) is 18.3. The first-order valence-electron chi connectivity index (χ1n) is 5.66. The molecular formula is C11H22ClNO2. The van der Waals surface area contributed by atoms with Gasteiger partial charge in [-0.1, -0.05) is 6.92 Å². The van der Waals surface area contributed by atoms with E-state index in [1.54, 1.807) is 0 Å². The first-order chi connectivity index (χ1) is 6.77. The lowest BCUT2D eigenvalue weighted by Gasteiger charge is -2.30. The predicted octanol–water partition coefficient (Wildman–Crippen LogP) is 2.09. The number of piperidine rings is 1. The van der Waals surface area contributed by atoms with E-state index in [4.69, 9.17) is 4.74 Å². The Hall–Kier alpha value is -0.280. The molecule has 0 unspecified atom stereocenters. The molecule has 0 aromatic heterocycles. The number of esters is 1. The van der Waals surface area contributed by atoms with Gasteiger partial charge in [0.15, 0.2) is 0 Å². The van der Waals surface area contributed by atoms with Crippen molar-refractivity contribution in [3.05, 3.63) is 0 Å². The van der Waals surface area contributed by atoms with Crippen LogP contribution in [-0.4, -0.2) is 37.1 Å². The summed E-state index contributed by atoms with van der Waals surface area (Å²) in [5.74, 6) is 0.159. The Morgan fingerprint density at radius 3 is 2.40 bits per heavy atom. The summed E-state index contributed by atoms with van der Waals surface area (Å²) in [5.41, 5.74) is 0. The molecule has 1 fully saturated rings. The molecule has 0 aromatic rings. The molecule has 1 aliphatic heterocycles. The number of nitrogens with zero attached hydrogens (tertiary/aromatic N) is 1. The van der Waals surface area contributed by atoms with Crippen molar-refractivity contribution in [2.45, 2.75) is 33.1 Å². The Morgan fingerprint density at radius 1 is 1.33 bits per heavy atom. The molecule has 1 rings (SSSR count). The Morgan fingerprint density at radius 2 is 1.93 bits per heavy atom. The zero-order valence-corrected chi connectivity index (χ0v) is 10.5. The van der Waals surface area contributed by atoms with Crippen LogP contribution in [0.3, 0.4) is 0 Å². The average Bonchev–Trinajstić information content (AvgIpc) is 2.20. The van der Waals surface area contributed by atoms with Gasteiger partial charge in [-0.15, -0.1) is 12.4 Å². The summed E-state index contributed by atoms with van der Waals surface area (Å²) in [7, 11) is 0. The largest absolute Gasteiger partial charge is 0.466 e. The minimum Gasteiger partial charge on any atom is -0.466 e. The highest BCUT2D eigenvalue weighted by molar-refractivity contribution is 5.85. The standard InChI is InChI=1S/C11H21NO2.ClH/c1-3-7-12-8-5-10(6-9-12)11(13)14-4-2;/h10H,3-9H2,1-2H3;1H. The summed E-state index contributed by atoms with van der Waals surface area (Å²) in [5, 5.41) is 0. The van der Waals surface area contributed by atoms with Crippen molar-refractivity contribution >= 4 is 18.4 Å². The highest BCUT2D eigenvalue weighted by atomic mass is 35.5. The fourth-order valence-corrected chi connectivity index (χ4v) is 1.97. The number of ether oxygens (including phenoxy) is 1. The lowest BCUT2D eigenvalue weighted by molar-refractivity contribution is -0.149. The maximum atomic E-state index is 11.4. The van der Waals surface area contributed by atoms with Gasteiger partial charge in [0.05, 0.1) is 12.5 Å². The molecule has 0 atom stereocenters. The minimum absolute atomic E-state index is 0. The molecule has 15 heavy (non-hydrogen) atoms. The molecule has 3 nitrogen and oxygen atoms in total. The number of likely N-dealkylation sites (tertiary alicyclic amines) is 1. The number of carbonyl (C=O) groups is 1. The first kappa shape index (κ1) is 14.7. The van der Waals surface area contributed by atoms with E-state index in [9.17, 15) is 4.79 Å². The van der Waals surface area contributed by atoms with E-state index in [0.717, 1.165) is 32.5 Å². The van der Waals surface area contributed by atoms with E-state index in [2.05, 4.69) is 11.8 Å². The molecule has 1 saturated heterocycles. The van der Waals surface area contributed by atoms with Gasteiger partial charge in [-0.3, -0.25) is 4.79 Å². The first-order valence-corrected chi connectivity index (χ1v) is 5.66. The van der Waals surface area contributed by atoms with Crippen molar-refractivity contribution in [3.63, 3.8) is 0 Å². The van der Waals surface area contributed by atoms with Crippen LogP contribution in [0.5, 0.6) is 0 Å². The Kier molecular flexibility index (Phi) is 7.79. The van der Waals surface area contributed by atoms with Crippen LogP contribution >= 0.6 is 12.4 Å². The van der Waals surface area contributed by atoms with E-state index in [-0.39, 0.29) is 24.3 Å². The Labute approximate surface area is 98.6 Å². The fraction of sp³-hybridized carbons (Fsp3) is 0.909. The summed E-state index contributed by atoms with van der Waals surface area (Å²) >= 11 is 0. The smallest absolute Gasteiger partial charge is 0.309 e. The molecule has 0 bridgehead atoms. The van der Waals surface area contributed by atoms with Gasteiger partial charge in [-0.2, -0.15) is 0 Å². The van der Waals surface area contributed by atoms with Crippen LogP contribution in [0.2, 0.25) is 0 Å². The molecule has 4 heteroatoms. The van der Waals surface area contributed by atoms with E-state index >= 15 is 0 Å². The van der Waals surface area contributed by atoms with E-state index < -0.39 is 0 Å². The number of carbonyl (C=O) groups excluding carboxylic acids is 1. The topological polar surface area (TPSA) is 29.5 Å². The molecule has 0 radical (unpaired) electrons. The van der Waals surface area contributed by atoms with Crippen molar-refractivity contribution in [2.75, 3.05) is 26.2 Å². The molecule has 0 N–H and O–H groups in total. The van der Waals surface area contributed by atoms with Crippen molar-refractivity contribution < 1.29 is 9.53 Å². The van der Waals surface area contributed by atoms with Gasteiger partial charge < -0.3 is 9.64 Å². The van der Waals surface area contributed by atoms with Crippen molar-refractivity contribution in [1.82, 2.24) is 4.90 Å². The number of halogens is 1. The number of rotatable bonds is 4. The van der Waals surface area contributed by atoms with Crippen LogP contribution in [-0.2, 0) is 9.53 Å². The predicted molar refractivity (Wildman–Crippen MR) is 63.3 cm³/mol. The Balaban J connectivity index is 0.00000196. The molecule has 0 saturated carbocycles. The monoisotopic (exact) mass is 235 g/mol. The summed E-state index contributed by atoms with van der Waals surface area (Å²) in [4.78, 5) is 13.8. The van der Waals surface area contributed by atoms with Gasteiger partial charge in [0.2, 0.25) is 0 Å². The van der Waals surface area contributed by atoms with Crippen molar-refractivity contribution in [1.29, 1.82) is 0 Å². The fourth-order valence-electron chi connectivity index (χ4n) is 1.97. The maximum absolute atomic E-state index is 11.4. The second-order valence-corrected chi connectivity index (χ2v) is 3.87. The lowest BCUT2D eigenvalue weighted by atomic mass is 9.97. The van der Waals surface area contributed by atoms with Gasteiger partial charge in [0, 0.05) is 0 Å². The maximum Gasteiger partial charge on any atom is 0.309 e. The third-order valence-corrected chi connectivity index (χ3v) is 2.75. The third kappa shape index (κ3) is 4.85. The lowest BCUT2D eigenvalue weighted by Crippen LogP contribution is -2.37. The highest BCUT2D eigenvalue weighted by Gasteiger charge is 2.25. The molecule has 0 aliphatic carbocycles. The van der Waals surface area contributed by atoms with E-state index in [1.165, 1.54) is 6.42 Å². The van der Waals surface area contributed by atoms with E-state index in [1.807, 2.05) is 6.92 Å². The second-order valence-electron chi connectivity index (χ2n) is 3.87. The summed E-state index contributed by atoms with van der Waals surface area (Å²) in [6, 6.07) is 0. The number of hydrogen-bond acceptors (Lipinski definition) is 3. The van der Waals surface area contributed by atoms with Crippen LogP contribution in [0.1, 0.15) is 33.1 Å². The zero-order valence-electron chi connectivity index (χ0n) is 9.70. The molecule has 0 amide bonds. The molecule has 0 spiro atoms. The second kappa shape index (κ2) is 7.94. The molecule has 0 aromatic carbocycles. The summed E-state index contributed by atoms with van der Waals surface area (Å²) in [6.45, 7) is 7.83.